The zero-order valence-electron chi connectivity index (χ0n) is 13.9. The van der Waals surface area contributed by atoms with E-state index in [1.54, 1.807) is 10.3 Å². The number of thiazole rings is 1. The van der Waals surface area contributed by atoms with Gasteiger partial charge in [-0.05, 0) is 24.3 Å². The summed E-state index contributed by atoms with van der Waals surface area (Å²) < 4.78 is 0. The molecule has 0 unspecified atom stereocenters. The highest BCUT2D eigenvalue weighted by molar-refractivity contribution is 7.09. The average Bonchev–Trinajstić information content (AvgIpc) is 3.29. The molecule has 2 atom stereocenters. The van der Waals surface area contributed by atoms with Gasteiger partial charge in [0, 0.05) is 24.9 Å². The standard InChI is InChI=1S/C19H20N2O3S/c22-17(21-10-14-7-4-8-19(14,12-21)18(23)24)15-11-25-16(20-15)9-13-5-2-1-3-6-13/h1-3,5-6,11,14H,4,7-10,12H2,(H,23,24)/t14-,19+/m0/s1. The summed E-state index contributed by atoms with van der Waals surface area (Å²) in [6.07, 6.45) is 3.22. The number of nitrogens with zero attached hydrogens (tertiary/aromatic N) is 2. The lowest BCUT2D eigenvalue weighted by Gasteiger charge is -2.23. The van der Waals surface area contributed by atoms with Crippen molar-refractivity contribution < 1.29 is 14.7 Å². The van der Waals surface area contributed by atoms with Gasteiger partial charge in [-0.2, -0.15) is 0 Å². The molecule has 1 aliphatic heterocycles. The van der Waals surface area contributed by atoms with E-state index in [1.807, 2.05) is 30.3 Å². The Hall–Kier alpha value is -2.21. The number of rotatable bonds is 4. The SMILES string of the molecule is O=C(c1csc(Cc2ccccc2)n1)N1C[C@@H]2CCC[C@@]2(C(=O)O)C1. The molecule has 1 aromatic carbocycles. The Labute approximate surface area is 150 Å². The van der Waals surface area contributed by atoms with E-state index in [4.69, 9.17) is 0 Å². The molecule has 1 aromatic heterocycles. The fourth-order valence-corrected chi connectivity index (χ4v) is 5.02. The zero-order valence-corrected chi connectivity index (χ0v) is 14.7. The lowest BCUT2D eigenvalue weighted by molar-refractivity contribution is -0.149. The number of fused-ring (bicyclic) bond motifs is 1. The summed E-state index contributed by atoms with van der Waals surface area (Å²) in [5, 5.41) is 12.4. The van der Waals surface area contributed by atoms with Crippen molar-refractivity contribution >= 4 is 23.2 Å². The molecular formula is C19H20N2O3S. The number of hydrogen-bond acceptors (Lipinski definition) is 4. The molecule has 25 heavy (non-hydrogen) atoms. The number of carboxylic acid groups (broad SMARTS) is 1. The molecule has 130 valence electrons. The Morgan fingerprint density at radius 3 is 2.84 bits per heavy atom. The van der Waals surface area contributed by atoms with Gasteiger partial charge in [0.15, 0.2) is 0 Å². The first-order valence-electron chi connectivity index (χ1n) is 8.59. The Balaban J connectivity index is 1.48. The topological polar surface area (TPSA) is 70.5 Å². The summed E-state index contributed by atoms with van der Waals surface area (Å²) in [5.41, 5.74) is 0.867. The zero-order chi connectivity index (χ0) is 17.4. The minimum atomic E-state index is -0.756. The predicted molar refractivity (Wildman–Crippen MR) is 94.7 cm³/mol. The number of aromatic nitrogens is 1. The third-order valence-electron chi connectivity index (χ3n) is 5.55. The van der Waals surface area contributed by atoms with Crippen molar-refractivity contribution in [3.63, 3.8) is 0 Å². The normalized spacial score (nSPS) is 25.1. The molecule has 0 bridgehead atoms. The molecule has 2 aromatic rings. The Morgan fingerprint density at radius 1 is 1.32 bits per heavy atom. The van der Waals surface area contributed by atoms with E-state index in [1.165, 1.54) is 11.3 Å². The van der Waals surface area contributed by atoms with E-state index >= 15 is 0 Å². The molecule has 4 rings (SSSR count). The minimum absolute atomic E-state index is 0.0800. The minimum Gasteiger partial charge on any atom is -0.481 e. The molecule has 1 amide bonds. The number of carbonyl (C=O) groups excluding carboxylic acids is 1. The second-order valence-electron chi connectivity index (χ2n) is 7.02. The van der Waals surface area contributed by atoms with Crippen molar-refractivity contribution in [1.29, 1.82) is 0 Å². The average molecular weight is 356 g/mol. The fourth-order valence-electron chi connectivity index (χ4n) is 4.22. The lowest BCUT2D eigenvalue weighted by atomic mass is 9.81. The van der Waals surface area contributed by atoms with E-state index in [-0.39, 0.29) is 11.8 Å². The second kappa shape index (κ2) is 6.26. The number of hydrogen-bond donors (Lipinski definition) is 1. The lowest BCUT2D eigenvalue weighted by Crippen LogP contribution is -2.37. The number of amides is 1. The molecule has 2 aliphatic rings. The number of carboxylic acids is 1. The quantitative estimate of drug-likeness (QED) is 0.914. The molecule has 2 heterocycles. The van der Waals surface area contributed by atoms with Crippen LogP contribution in [0, 0.1) is 11.3 Å². The van der Waals surface area contributed by atoms with Gasteiger partial charge in [-0.25, -0.2) is 4.98 Å². The largest absolute Gasteiger partial charge is 0.481 e. The molecule has 1 saturated heterocycles. The van der Waals surface area contributed by atoms with Gasteiger partial charge < -0.3 is 10.0 Å². The van der Waals surface area contributed by atoms with Gasteiger partial charge in [0.2, 0.25) is 0 Å². The van der Waals surface area contributed by atoms with Crippen LogP contribution in [0.4, 0.5) is 0 Å². The first-order chi connectivity index (χ1) is 12.1. The van der Waals surface area contributed by atoms with E-state index in [9.17, 15) is 14.7 Å². The van der Waals surface area contributed by atoms with E-state index < -0.39 is 11.4 Å². The Kier molecular flexibility index (Phi) is 4.07. The summed E-state index contributed by atoms with van der Waals surface area (Å²) in [6.45, 7) is 0.855. The molecule has 0 radical (unpaired) electrons. The third kappa shape index (κ3) is 2.84. The van der Waals surface area contributed by atoms with Crippen LogP contribution in [0.5, 0.6) is 0 Å². The van der Waals surface area contributed by atoms with Crippen molar-refractivity contribution in [2.24, 2.45) is 11.3 Å². The van der Waals surface area contributed by atoms with Gasteiger partial charge >= 0.3 is 5.97 Å². The van der Waals surface area contributed by atoms with Crippen molar-refractivity contribution in [2.75, 3.05) is 13.1 Å². The van der Waals surface area contributed by atoms with Crippen LogP contribution in [0.1, 0.15) is 40.3 Å². The van der Waals surface area contributed by atoms with Crippen LogP contribution in [-0.2, 0) is 11.2 Å². The van der Waals surface area contributed by atoms with E-state index in [2.05, 4.69) is 4.98 Å². The first kappa shape index (κ1) is 16.3. The van der Waals surface area contributed by atoms with Gasteiger partial charge in [0.25, 0.3) is 5.91 Å². The molecule has 0 spiro atoms. The summed E-state index contributed by atoms with van der Waals surface area (Å²) in [4.78, 5) is 30.7. The molecular weight excluding hydrogens is 336 g/mol. The Morgan fingerprint density at radius 2 is 2.12 bits per heavy atom. The van der Waals surface area contributed by atoms with Gasteiger partial charge in [-0.15, -0.1) is 11.3 Å². The highest BCUT2D eigenvalue weighted by Crippen LogP contribution is 2.49. The molecule has 1 N–H and O–H groups in total. The number of likely N-dealkylation sites (tertiary alicyclic amines) is 1. The predicted octanol–water partition coefficient (Wildman–Crippen LogP) is 3.06. The van der Waals surface area contributed by atoms with Crippen LogP contribution in [0.2, 0.25) is 0 Å². The third-order valence-corrected chi connectivity index (χ3v) is 6.40. The van der Waals surface area contributed by atoms with Gasteiger partial charge in [-0.3, -0.25) is 9.59 Å². The van der Waals surface area contributed by atoms with Crippen LogP contribution in [-0.4, -0.2) is 40.0 Å². The van der Waals surface area contributed by atoms with Gasteiger partial charge in [0.05, 0.1) is 10.4 Å². The van der Waals surface area contributed by atoms with Crippen LogP contribution in [0.3, 0.4) is 0 Å². The number of carbonyl (C=O) groups is 2. The van der Waals surface area contributed by atoms with E-state index in [0.29, 0.717) is 31.6 Å². The highest BCUT2D eigenvalue weighted by atomic mass is 32.1. The van der Waals surface area contributed by atoms with Crippen LogP contribution < -0.4 is 0 Å². The van der Waals surface area contributed by atoms with Crippen molar-refractivity contribution in [3.05, 3.63) is 52.0 Å². The second-order valence-corrected chi connectivity index (χ2v) is 7.97. The van der Waals surface area contributed by atoms with Crippen molar-refractivity contribution in [1.82, 2.24) is 9.88 Å². The Bertz CT molecular complexity index is 804. The van der Waals surface area contributed by atoms with Gasteiger partial charge in [-0.1, -0.05) is 36.8 Å². The number of aliphatic carboxylic acids is 1. The molecule has 1 aliphatic carbocycles. The van der Waals surface area contributed by atoms with Crippen LogP contribution in [0.15, 0.2) is 35.7 Å². The molecule has 1 saturated carbocycles. The maximum Gasteiger partial charge on any atom is 0.311 e. The summed E-state index contributed by atoms with van der Waals surface area (Å²) in [5.74, 6) is -0.810. The van der Waals surface area contributed by atoms with Crippen molar-refractivity contribution in [3.8, 4) is 0 Å². The fraction of sp³-hybridized carbons (Fsp3) is 0.421. The summed E-state index contributed by atoms with van der Waals surface area (Å²) >= 11 is 1.48. The molecule has 2 fully saturated rings. The highest BCUT2D eigenvalue weighted by Gasteiger charge is 2.55. The summed E-state index contributed by atoms with van der Waals surface area (Å²) in [6, 6.07) is 10.0. The smallest absolute Gasteiger partial charge is 0.311 e. The van der Waals surface area contributed by atoms with Crippen molar-refractivity contribution in [2.45, 2.75) is 25.7 Å². The van der Waals surface area contributed by atoms with Crippen LogP contribution >= 0.6 is 11.3 Å². The maximum absolute atomic E-state index is 12.8. The monoisotopic (exact) mass is 356 g/mol. The van der Waals surface area contributed by atoms with E-state index in [0.717, 1.165) is 23.4 Å². The molecule has 5 nitrogen and oxygen atoms in total. The summed E-state index contributed by atoms with van der Waals surface area (Å²) in [7, 11) is 0. The van der Waals surface area contributed by atoms with Crippen LogP contribution in [0.25, 0.3) is 0 Å². The van der Waals surface area contributed by atoms with Gasteiger partial charge in [0.1, 0.15) is 5.69 Å². The molecule has 6 heteroatoms. The maximum atomic E-state index is 12.8. The number of benzene rings is 1. The first-order valence-corrected chi connectivity index (χ1v) is 9.47.